The highest BCUT2D eigenvalue weighted by Gasteiger charge is 2.13. The summed E-state index contributed by atoms with van der Waals surface area (Å²) in [5.74, 6) is 0.227. The minimum absolute atomic E-state index is 0.306. The molecule has 0 saturated carbocycles. The van der Waals surface area contributed by atoms with Gasteiger partial charge in [-0.25, -0.2) is 5.48 Å². The Morgan fingerprint density at radius 3 is 2.50 bits per heavy atom. The molecule has 0 heterocycles. The summed E-state index contributed by atoms with van der Waals surface area (Å²) in [4.78, 5) is 16.8. The van der Waals surface area contributed by atoms with Crippen molar-refractivity contribution >= 4 is 16.7 Å². The normalized spacial score (nSPS) is 10.3. The average Bonchev–Trinajstić information content (AvgIpc) is 2.43. The molecule has 0 unspecified atom stereocenters. The van der Waals surface area contributed by atoms with E-state index in [0.717, 1.165) is 10.8 Å². The van der Waals surface area contributed by atoms with E-state index in [2.05, 4.69) is 5.48 Å². The monoisotopic (exact) mass is 245 g/mol. The molecule has 0 saturated heterocycles. The molecule has 0 bridgehead atoms. The number of carbonyl (C=O) groups excluding carboxylic acids is 1. The Bertz CT molecular complexity index is 566. The van der Waals surface area contributed by atoms with Gasteiger partial charge >= 0.3 is 0 Å². The third kappa shape index (κ3) is 2.43. The van der Waals surface area contributed by atoms with Gasteiger partial charge in [-0.2, -0.15) is 0 Å². The Balaban J connectivity index is 2.44. The van der Waals surface area contributed by atoms with Crippen molar-refractivity contribution < 1.29 is 14.4 Å². The van der Waals surface area contributed by atoms with Gasteiger partial charge in [0.25, 0.3) is 5.91 Å². The first-order valence-corrected chi connectivity index (χ1v) is 5.75. The maximum atomic E-state index is 11.9. The number of benzene rings is 2. The Morgan fingerprint density at radius 1 is 1.22 bits per heavy atom. The van der Waals surface area contributed by atoms with Gasteiger partial charge in [-0.05, 0) is 29.8 Å². The van der Waals surface area contributed by atoms with E-state index >= 15 is 0 Å². The fourth-order valence-corrected chi connectivity index (χ4v) is 1.76. The van der Waals surface area contributed by atoms with E-state index in [-0.39, 0.29) is 5.91 Å². The molecule has 0 aromatic heterocycles. The van der Waals surface area contributed by atoms with Crippen LogP contribution < -0.4 is 10.2 Å². The van der Waals surface area contributed by atoms with Crippen molar-refractivity contribution in [2.45, 2.75) is 6.92 Å². The van der Waals surface area contributed by atoms with E-state index < -0.39 is 0 Å². The lowest BCUT2D eigenvalue weighted by atomic mass is 10.1. The van der Waals surface area contributed by atoms with Crippen molar-refractivity contribution in [1.29, 1.82) is 0 Å². The van der Waals surface area contributed by atoms with Crippen molar-refractivity contribution in [3.63, 3.8) is 0 Å². The second-order valence-electron chi connectivity index (χ2n) is 3.76. The van der Waals surface area contributed by atoms with Gasteiger partial charge in [-0.3, -0.25) is 9.63 Å². The first-order valence-electron chi connectivity index (χ1n) is 5.75. The molecule has 18 heavy (non-hydrogen) atoms. The van der Waals surface area contributed by atoms with Crippen LogP contribution in [0.25, 0.3) is 10.8 Å². The van der Waals surface area contributed by atoms with E-state index in [4.69, 9.17) is 9.57 Å². The molecule has 1 N–H and O–H groups in total. The number of methoxy groups -OCH3 is 1. The number of hydrogen-bond acceptors (Lipinski definition) is 3. The van der Waals surface area contributed by atoms with Gasteiger partial charge in [0.2, 0.25) is 0 Å². The van der Waals surface area contributed by atoms with E-state index in [1.165, 1.54) is 0 Å². The fourth-order valence-electron chi connectivity index (χ4n) is 1.76. The molecule has 0 spiro atoms. The molecule has 0 atom stereocenters. The van der Waals surface area contributed by atoms with Crippen LogP contribution in [-0.2, 0) is 4.84 Å². The Kier molecular flexibility index (Phi) is 3.79. The third-order valence-electron chi connectivity index (χ3n) is 2.62. The van der Waals surface area contributed by atoms with E-state index in [1.807, 2.05) is 30.3 Å². The zero-order valence-corrected chi connectivity index (χ0v) is 10.4. The quantitative estimate of drug-likeness (QED) is 0.842. The number of hydroxylamine groups is 1. The standard InChI is InChI=1S/C14H15NO3/c1-3-18-15-14(16)12-8-10-6-4-5-7-11(10)9-13(12)17-2/h4-9H,3H2,1-2H3,(H,15,16). The lowest BCUT2D eigenvalue weighted by Gasteiger charge is -2.10. The summed E-state index contributed by atoms with van der Waals surface area (Å²) in [5, 5.41) is 2.02. The highest BCUT2D eigenvalue weighted by Crippen LogP contribution is 2.25. The number of fused-ring (bicyclic) bond motifs is 1. The van der Waals surface area contributed by atoms with Crippen LogP contribution in [0.5, 0.6) is 5.75 Å². The molecule has 0 aliphatic heterocycles. The first kappa shape index (κ1) is 12.4. The summed E-state index contributed by atoms with van der Waals surface area (Å²) in [5.41, 5.74) is 2.83. The smallest absolute Gasteiger partial charge is 0.278 e. The second-order valence-corrected chi connectivity index (χ2v) is 3.76. The number of ether oxygens (including phenoxy) is 1. The molecule has 2 aromatic carbocycles. The van der Waals surface area contributed by atoms with Gasteiger partial charge in [-0.15, -0.1) is 0 Å². The van der Waals surface area contributed by atoms with Crippen LogP contribution in [0.1, 0.15) is 17.3 Å². The minimum atomic E-state index is -0.306. The molecular weight excluding hydrogens is 230 g/mol. The molecule has 2 rings (SSSR count). The van der Waals surface area contributed by atoms with Crippen LogP contribution in [0.3, 0.4) is 0 Å². The van der Waals surface area contributed by atoms with Gasteiger partial charge in [0.15, 0.2) is 0 Å². The number of hydrogen-bond donors (Lipinski definition) is 1. The van der Waals surface area contributed by atoms with Crippen LogP contribution in [0.4, 0.5) is 0 Å². The van der Waals surface area contributed by atoms with Gasteiger partial charge in [0.05, 0.1) is 19.3 Å². The number of amides is 1. The Morgan fingerprint density at radius 2 is 1.89 bits per heavy atom. The van der Waals surface area contributed by atoms with E-state index in [1.54, 1.807) is 20.1 Å². The molecule has 2 aromatic rings. The summed E-state index contributed by atoms with van der Waals surface area (Å²) in [6.45, 7) is 2.22. The minimum Gasteiger partial charge on any atom is -0.496 e. The average molecular weight is 245 g/mol. The molecule has 4 nitrogen and oxygen atoms in total. The Hall–Kier alpha value is -2.07. The van der Waals surface area contributed by atoms with Gasteiger partial charge < -0.3 is 4.74 Å². The van der Waals surface area contributed by atoms with Gasteiger partial charge in [0, 0.05) is 0 Å². The van der Waals surface area contributed by atoms with E-state index in [0.29, 0.717) is 17.9 Å². The van der Waals surface area contributed by atoms with Crippen molar-refractivity contribution in [1.82, 2.24) is 5.48 Å². The largest absolute Gasteiger partial charge is 0.496 e. The topological polar surface area (TPSA) is 47.6 Å². The third-order valence-corrected chi connectivity index (χ3v) is 2.62. The molecule has 4 heteroatoms. The summed E-state index contributed by atoms with van der Waals surface area (Å²) < 4.78 is 5.24. The first-order chi connectivity index (χ1) is 8.76. The van der Waals surface area contributed by atoms with E-state index in [9.17, 15) is 4.79 Å². The molecule has 0 fully saturated rings. The molecule has 94 valence electrons. The van der Waals surface area contributed by atoms with Crippen molar-refractivity contribution in [2.24, 2.45) is 0 Å². The summed E-state index contributed by atoms with van der Waals surface area (Å²) >= 11 is 0. The lowest BCUT2D eigenvalue weighted by molar-refractivity contribution is 0.0362. The van der Waals surface area contributed by atoms with Crippen LogP contribution in [0.15, 0.2) is 36.4 Å². The van der Waals surface area contributed by atoms with Crippen LogP contribution >= 0.6 is 0 Å². The number of rotatable bonds is 4. The van der Waals surface area contributed by atoms with Crippen molar-refractivity contribution in [3.8, 4) is 5.75 Å². The molecule has 0 aliphatic rings. The van der Waals surface area contributed by atoms with Crippen molar-refractivity contribution in [2.75, 3.05) is 13.7 Å². The fraction of sp³-hybridized carbons (Fsp3) is 0.214. The van der Waals surface area contributed by atoms with Gasteiger partial charge in [-0.1, -0.05) is 24.3 Å². The van der Waals surface area contributed by atoms with Crippen molar-refractivity contribution in [3.05, 3.63) is 42.0 Å². The number of nitrogens with one attached hydrogen (secondary N) is 1. The van der Waals surface area contributed by atoms with Crippen LogP contribution in [0, 0.1) is 0 Å². The number of carbonyl (C=O) groups is 1. The predicted molar refractivity (Wildman–Crippen MR) is 69.6 cm³/mol. The maximum Gasteiger partial charge on any atom is 0.278 e. The summed E-state index contributed by atoms with van der Waals surface area (Å²) in [7, 11) is 1.54. The zero-order chi connectivity index (χ0) is 13.0. The highest BCUT2D eigenvalue weighted by molar-refractivity contribution is 6.01. The SMILES string of the molecule is CCONC(=O)c1cc2ccccc2cc1OC. The van der Waals surface area contributed by atoms with Gasteiger partial charge in [0.1, 0.15) is 5.75 Å². The van der Waals surface area contributed by atoms with Crippen LogP contribution in [0.2, 0.25) is 0 Å². The zero-order valence-electron chi connectivity index (χ0n) is 10.4. The molecule has 0 radical (unpaired) electrons. The predicted octanol–water partition coefficient (Wildman–Crippen LogP) is 2.53. The Labute approximate surface area is 105 Å². The summed E-state index contributed by atoms with van der Waals surface area (Å²) in [6.07, 6.45) is 0. The second kappa shape index (κ2) is 5.51. The summed E-state index contributed by atoms with van der Waals surface area (Å²) in [6, 6.07) is 11.4. The maximum absolute atomic E-state index is 11.9. The molecule has 0 aliphatic carbocycles. The lowest BCUT2D eigenvalue weighted by Crippen LogP contribution is -2.24. The molecular formula is C14H15NO3. The highest BCUT2D eigenvalue weighted by atomic mass is 16.6. The van der Waals surface area contributed by atoms with Crippen LogP contribution in [-0.4, -0.2) is 19.6 Å². The molecule has 1 amide bonds.